The molecule has 80 valence electrons. The monoisotopic (exact) mass is 207 g/mol. The van der Waals surface area contributed by atoms with Crippen LogP contribution in [-0.4, -0.2) is 17.6 Å². The van der Waals surface area contributed by atoms with Gasteiger partial charge < -0.3 is 9.72 Å². The summed E-state index contributed by atoms with van der Waals surface area (Å²) in [7, 11) is 0. The number of nitrogens with one attached hydrogen (secondary N) is 1. The molecule has 0 aromatic carbocycles. The van der Waals surface area contributed by atoms with E-state index in [1.807, 2.05) is 0 Å². The Balaban J connectivity index is 2.36. The Morgan fingerprint density at radius 3 is 2.87 bits per heavy atom. The molecule has 4 heteroatoms. The Labute approximate surface area is 87.3 Å². The minimum Gasteiger partial charge on any atom is -0.462 e. The summed E-state index contributed by atoms with van der Waals surface area (Å²) in [6.45, 7) is 2.11. The van der Waals surface area contributed by atoms with Gasteiger partial charge in [0.25, 0.3) is 0 Å². The third-order valence-corrected chi connectivity index (χ3v) is 2.43. The lowest BCUT2D eigenvalue weighted by molar-refractivity contribution is 0.0524. The fraction of sp³-hybridized carbons (Fsp3) is 0.455. The van der Waals surface area contributed by atoms with Crippen LogP contribution >= 0.6 is 0 Å². The number of aromatic amines is 1. The molecule has 0 amide bonds. The van der Waals surface area contributed by atoms with Gasteiger partial charge in [-0.3, -0.25) is 4.79 Å². The second-order valence-corrected chi connectivity index (χ2v) is 3.64. The molecule has 0 unspecified atom stereocenters. The van der Waals surface area contributed by atoms with Gasteiger partial charge in [0.1, 0.15) is 0 Å². The van der Waals surface area contributed by atoms with Gasteiger partial charge in [-0.2, -0.15) is 0 Å². The van der Waals surface area contributed by atoms with E-state index in [2.05, 4.69) is 4.98 Å². The number of H-pyrrole nitrogens is 1. The molecular formula is C11H13NO3. The fourth-order valence-electron chi connectivity index (χ4n) is 1.57. The molecule has 1 aromatic rings. The number of aromatic nitrogens is 1. The quantitative estimate of drug-likeness (QED) is 0.763. The number of pyridine rings is 1. The standard InChI is InChI=1S/C11H13NO3/c1-2-15-11(14)8-5-6-9(13)12-10(8)7-3-4-7/h5-7H,2-4H2,1H3,(H,12,13). The largest absolute Gasteiger partial charge is 0.462 e. The topological polar surface area (TPSA) is 59.2 Å². The zero-order chi connectivity index (χ0) is 10.8. The lowest BCUT2D eigenvalue weighted by Gasteiger charge is -2.06. The van der Waals surface area contributed by atoms with Crippen LogP contribution in [0.2, 0.25) is 0 Å². The fourth-order valence-corrected chi connectivity index (χ4v) is 1.57. The lowest BCUT2D eigenvalue weighted by Crippen LogP contribution is -2.14. The summed E-state index contributed by atoms with van der Waals surface area (Å²) in [4.78, 5) is 25.4. The van der Waals surface area contributed by atoms with Gasteiger partial charge in [0, 0.05) is 17.7 Å². The Bertz CT molecular complexity index is 432. The third-order valence-electron chi connectivity index (χ3n) is 2.43. The first kappa shape index (κ1) is 9.96. The van der Waals surface area contributed by atoms with Crippen molar-refractivity contribution in [3.8, 4) is 0 Å². The predicted molar refractivity (Wildman–Crippen MR) is 55.0 cm³/mol. The van der Waals surface area contributed by atoms with Crippen LogP contribution in [0.5, 0.6) is 0 Å². The van der Waals surface area contributed by atoms with Crippen LogP contribution in [-0.2, 0) is 4.74 Å². The van der Waals surface area contributed by atoms with Crippen molar-refractivity contribution in [1.82, 2.24) is 4.98 Å². The van der Waals surface area contributed by atoms with Crippen LogP contribution in [0, 0.1) is 0 Å². The maximum atomic E-state index is 11.6. The van der Waals surface area contributed by atoms with E-state index in [1.54, 1.807) is 13.0 Å². The number of ether oxygens (including phenoxy) is 1. The molecule has 1 aromatic heterocycles. The molecule has 0 bridgehead atoms. The molecule has 4 nitrogen and oxygen atoms in total. The van der Waals surface area contributed by atoms with Crippen molar-refractivity contribution in [2.45, 2.75) is 25.7 Å². The molecule has 2 rings (SSSR count). The molecule has 0 radical (unpaired) electrons. The summed E-state index contributed by atoms with van der Waals surface area (Å²) in [5, 5.41) is 0. The molecule has 1 aliphatic carbocycles. The van der Waals surface area contributed by atoms with Crippen molar-refractivity contribution in [2.24, 2.45) is 0 Å². The van der Waals surface area contributed by atoms with Crippen LogP contribution in [0.3, 0.4) is 0 Å². The molecule has 1 saturated carbocycles. The van der Waals surface area contributed by atoms with Crippen molar-refractivity contribution in [2.75, 3.05) is 6.61 Å². The van der Waals surface area contributed by atoms with E-state index in [1.165, 1.54) is 6.07 Å². The highest BCUT2D eigenvalue weighted by Gasteiger charge is 2.29. The Morgan fingerprint density at radius 2 is 2.27 bits per heavy atom. The van der Waals surface area contributed by atoms with E-state index in [9.17, 15) is 9.59 Å². The molecule has 1 heterocycles. The third kappa shape index (κ3) is 2.09. The summed E-state index contributed by atoms with van der Waals surface area (Å²) in [5.41, 5.74) is 1.07. The van der Waals surface area contributed by atoms with Crippen LogP contribution in [0.15, 0.2) is 16.9 Å². The van der Waals surface area contributed by atoms with Gasteiger partial charge in [0.2, 0.25) is 5.56 Å². The summed E-state index contributed by atoms with van der Waals surface area (Å²) >= 11 is 0. The molecule has 0 aliphatic heterocycles. The van der Waals surface area contributed by atoms with Crippen LogP contribution < -0.4 is 5.56 Å². The molecule has 1 fully saturated rings. The van der Waals surface area contributed by atoms with Gasteiger partial charge in [-0.05, 0) is 25.8 Å². The van der Waals surface area contributed by atoms with Crippen molar-refractivity contribution < 1.29 is 9.53 Å². The molecule has 0 atom stereocenters. The Hall–Kier alpha value is -1.58. The highest BCUT2D eigenvalue weighted by Crippen LogP contribution is 2.40. The van der Waals surface area contributed by atoms with E-state index in [4.69, 9.17) is 4.74 Å². The molecule has 1 aliphatic rings. The smallest absolute Gasteiger partial charge is 0.339 e. The first-order valence-electron chi connectivity index (χ1n) is 5.12. The molecule has 15 heavy (non-hydrogen) atoms. The zero-order valence-corrected chi connectivity index (χ0v) is 8.58. The van der Waals surface area contributed by atoms with Crippen LogP contribution in [0.1, 0.15) is 41.7 Å². The maximum absolute atomic E-state index is 11.6. The van der Waals surface area contributed by atoms with Crippen molar-refractivity contribution in [3.63, 3.8) is 0 Å². The molecule has 0 spiro atoms. The van der Waals surface area contributed by atoms with E-state index in [0.717, 1.165) is 18.5 Å². The Kier molecular flexibility index (Phi) is 2.58. The molecular weight excluding hydrogens is 194 g/mol. The summed E-state index contributed by atoms with van der Waals surface area (Å²) in [6, 6.07) is 2.91. The average Bonchev–Trinajstić information content (AvgIpc) is 3.01. The van der Waals surface area contributed by atoms with E-state index < -0.39 is 0 Å². The van der Waals surface area contributed by atoms with E-state index >= 15 is 0 Å². The molecule has 1 N–H and O–H groups in total. The predicted octanol–water partition coefficient (Wildman–Crippen LogP) is 1.43. The average molecular weight is 207 g/mol. The highest BCUT2D eigenvalue weighted by molar-refractivity contribution is 5.90. The summed E-state index contributed by atoms with van der Waals surface area (Å²) in [5.74, 6) is -0.0195. The first-order chi connectivity index (χ1) is 7.22. The normalized spacial score (nSPS) is 15.0. The summed E-state index contributed by atoms with van der Waals surface area (Å²) < 4.78 is 4.93. The van der Waals surface area contributed by atoms with Crippen molar-refractivity contribution in [1.29, 1.82) is 0 Å². The Morgan fingerprint density at radius 1 is 1.53 bits per heavy atom. The van der Waals surface area contributed by atoms with Crippen molar-refractivity contribution in [3.05, 3.63) is 33.7 Å². The minimum absolute atomic E-state index is 0.162. The number of rotatable bonds is 3. The van der Waals surface area contributed by atoms with Gasteiger partial charge >= 0.3 is 5.97 Å². The van der Waals surface area contributed by atoms with Gasteiger partial charge in [0.15, 0.2) is 0 Å². The van der Waals surface area contributed by atoms with E-state index in [-0.39, 0.29) is 11.5 Å². The van der Waals surface area contributed by atoms with Gasteiger partial charge in [0.05, 0.1) is 12.2 Å². The minimum atomic E-state index is -0.351. The summed E-state index contributed by atoms with van der Waals surface area (Å²) in [6.07, 6.45) is 2.07. The van der Waals surface area contributed by atoms with Crippen LogP contribution in [0.25, 0.3) is 0 Å². The SMILES string of the molecule is CCOC(=O)c1ccc(=O)[nH]c1C1CC1. The van der Waals surface area contributed by atoms with Gasteiger partial charge in [-0.15, -0.1) is 0 Å². The second kappa shape index (κ2) is 3.88. The number of carbonyl (C=O) groups is 1. The number of carbonyl (C=O) groups excluding carboxylic acids is 1. The maximum Gasteiger partial charge on any atom is 0.339 e. The molecule has 0 saturated heterocycles. The number of hydrogen-bond donors (Lipinski definition) is 1. The number of esters is 1. The van der Waals surface area contributed by atoms with Crippen molar-refractivity contribution >= 4 is 5.97 Å². The van der Waals surface area contributed by atoms with E-state index in [0.29, 0.717) is 18.1 Å². The van der Waals surface area contributed by atoms with Gasteiger partial charge in [-0.25, -0.2) is 4.79 Å². The number of hydrogen-bond acceptors (Lipinski definition) is 3. The lowest BCUT2D eigenvalue weighted by atomic mass is 10.1. The highest BCUT2D eigenvalue weighted by atomic mass is 16.5. The zero-order valence-electron chi connectivity index (χ0n) is 8.58. The second-order valence-electron chi connectivity index (χ2n) is 3.64. The van der Waals surface area contributed by atoms with Crippen LogP contribution in [0.4, 0.5) is 0 Å². The van der Waals surface area contributed by atoms with Gasteiger partial charge in [-0.1, -0.05) is 0 Å². The first-order valence-corrected chi connectivity index (χ1v) is 5.12.